The highest BCUT2D eigenvalue weighted by molar-refractivity contribution is 6.33. The first kappa shape index (κ1) is 17.8. The molecule has 0 saturated carbocycles. The highest BCUT2D eigenvalue weighted by Crippen LogP contribution is 2.26. The van der Waals surface area contributed by atoms with E-state index in [2.05, 4.69) is 0 Å². The number of likely N-dealkylation sites (tertiary alicyclic amines) is 1. The van der Waals surface area contributed by atoms with E-state index < -0.39 is 11.6 Å². The highest BCUT2D eigenvalue weighted by Gasteiger charge is 2.28. The molecule has 0 spiro atoms. The zero-order valence-corrected chi connectivity index (χ0v) is 14.3. The Morgan fingerprint density at radius 2 is 1.92 bits per heavy atom. The SMILES string of the molecule is O=C(c1cc(F)c(F)cc1Cl)N1CC[C@@H](Cc2cccc(CO)c2)C1. The second-order valence-electron chi connectivity index (χ2n) is 6.33. The van der Waals surface area contributed by atoms with Crippen molar-refractivity contribution < 1.29 is 18.7 Å². The van der Waals surface area contributed by atoms with E-state index in [0.29, 0.717) is 13.1 Å². The lowest BCUT2D eigenvalue weighted by atomic mass is 9.97. The molecular weight excluding hydrogens is 348 g/mol. The molecule has 1 aliphatic heterocycles. The second kappa shape index (κ2) is 7.50. The molecule has 1 atom stereocenters. The van der Waals surface area contributed by atoms with E-state index in [1.165, 1.54) is 0 Å². The van der Waals surface area contributed by atoms with Gasteiger partial charge in [0.2, 0.25) is 0 Å². The fourth-order valence-electron chi connectivity index (χ4n) is 3.23. The third kappa shape index (κ3) is 3.99. The van der Waals surface area contributed by atoms with E-state index in [4.69, 9.17) is 11.6 Å². The Morgan fingerprint density at radius 1 is 1.20 bits per heavy atom. The van der Waals surface area contributed by atoms with Crippen LogP contribution in [0.2, 0.25) is 5.02 Å². The largest absolute Gasteiger partial charge is 0.392 e. The molecule has 1 saturated heterocycles. The van der Waals surface area contributed by atoms with E-state index >= 15 is 0 Å². The van der Waals surface area contributed by atoms with Gasteiger partial charge >= 0.3 is 0 Å². The van der Waals surface area contributed by atoms with Crippen molar-refractivity contribution in [3.8, 4) is 0 Å². The van der Waals surface area contributed by atoms with E-state index in [1.54, 1.807) is 4.90 Å². The molecule has 0 unspecified atom stereocenters. The smallest absolute Gasteiger partial charge is 0.255 e. The number of halogens is 3. The van der Waals surface area contributed by atoms with Crippen molar-refractivity contribution in [2.24, 2.45) is 5.92 Å². The Morgan fingerprint density at radius 3 is 2.68 bits per heavy atom. The lowest BCUT2D eigenvalue weighted by Crippen LogP contribution is -2.29. The van der Waals surface area contributed by atoms with Crippen molar-refractivity contribution in [1.82, 2.24) is 4.90 Å². The van der Waals surface area contributed by atoms with Crippen LogP contribution in [0.4, 0.5) is 8.78 Å². The summed E-state index contributed by atoms with van der Waals surface area (Å²) in [6.45, 7) is 1.09. The average Bonchev–Trinajstić information content (AvgIpc) is 3.06. The van der Waals surface area contributed by atoms with Crippen molar-refractivity contribution in [1.29, 1.82) is 0 Å². The van der Waals surface area contributed by atoms with Crippen molar-refractivity contribution in [2.75, 3.05) is 13.1 Å². The van der Waals surface area contributed by atoms with Gasteiger partial charge in [-0.1, -0.05) is 35.9 Å². The normalized spacial score (nSPS) is 17.1. The maximum absolute atomic E-state index is 13.4. The molecule has 25 heavy (non-hydrogen) atoms. The number of hydrogen-bond donors (Lipinski definition) is 1. The van der Waals surface area contributed by atoms with Crippen LogP contribution >= 0.6 is 11.6 Å². The van der Waals surface area contributed by atoms with Gasteiger partial charge in [-0.25, -0.2) is 8.78 Å². The maximum atomic E-state index is 13.4. The van der Waals surface area contributed by atoms with Gasteiger partial charge in [-0.15, -0.1) is 0 Å². The van der Waals surface area contributed by atoms with Crippen LogP contribution in [0.3, 0.4) is 0 Å². The van der Waals surface area contributed by atoms with Crippen LogP contribution in [0.25, 0.3) is 0 Å². The lowest BCUT2D eigenvalue weighted by Gasteiger charge is -2.18. The van der Waals surface area contributed by atoms with Crippen molar-refractivity contribution >= 4 is 17.5 Å². The summed E-state index contributed by atoms with van der Waals surface area (Å²) in [4.78, 5) is 14.2. The first-order chi connectivity index (χ1) is 12.0. The molecule has 1 amide bonds. The van der Waals surface area contributed by atoms with Gasteiger partial charge in [-0.05, 0) is 42.0 Å². The fourth-order valence-corrected chi connectivity index (χ4v) is 3.46. The van der Waals surface area contributed by atoms with Gasteiger partial charge in [-0.3, -0.25) is 4.79 Å². The molecule has 1 aliphatic rings. The number of aliphatic hydroxyl groups excluding tert-OH is 1. The third-order valence-electron chi connectivity index (χ3n) is 4.51. The minimum atomic E-state index is -1.08. The summed E-state index contributed by atoms with van der Waals surface area (Å²) in [5.74, 6) is -2.24. The van der Waals surface area contributed by atoms with Gasteiger partial charge in [0.15, 0.2) is 11.6 Å². The topological polar surface area (TPSA) is 40.5 Å². The Labute approximate surface area is 149 Å². The molecule has 6 heteroatoms. The summed E-state index contributed by atoms with van der Waals surface area (Å²) < 4.78 is 26.6. The van der Waals surface area contributed by atoms with Gasteiger partial charge in [0.25, 0.3) is 5.91 Å². The lowest BCUT2D eigenvalue weighted by molar-refractivity contribution is 0.0786. The maximum Gasteiger partial charge on any atom is 0.255 e. The molecular formula is C19H18ClF2NO2. The molecule has 0 aliphatic carbocycles. The number of rotatable bonds is 4. The predicted octanol–water partition coefficient (Wildman–Crippen LogP) is 3.82. The molecule has 3 rings (SSSR count). The van der Waals surface area contributed by atoms with Crippen molar-refractivity contribution in [2.45, 2.75) is 19.4 Å². The zero-order valence-electron chi connectivity index (χ0n) is 13.5. The number of nitrogens with zero attached hydrogens (tertiary/aromatic N) is 1. The summed E-state index contributed by atoms with van der Waals surface area (Å²) in [6, 6.07) is 9.40. The third-order valence-corrected chi connectivity index (χ3v) is 4.82. The molecule has 1 fully saturated rings. The number of aliphatic hydroxyl groups is 1. The standard InChI is InChI=1S/C19H18ClF2NO2/c20-16-9-18(22)17(21)8-15(16)19(25)23-5-4-13(10-23)6-12-2-1-3-14(7-12)11-24/h1-3,7-9,13,24H,4-6,10-11H2/t13-/m0/s1. The fraction of sp³-hybridized carbons (Fsp3) is 0.316. The van der Waals surface area contributed by atoms with Gasteiger partial charge in [0, 0.05) is 13.1 Å². The van der Waals surface area contributed by atoms with E-state index in [1.807, 2.05) is 24.3 Å². The van der Waals surface area contributed by atoms with Crippen LogP contribution in [0.5, 0.6) is 0 Å². The van der Waals surface area contributed by atoms with Gasteiger partial charge in [0.1, 0.15) is 0 Å². The highest BCUT2D eigenvalue weighted by atomic mass is 35.5. The minimum absolute atomic E-state index is 0.00223. The molecule has 0 aromatic heterocycles. The molecule has 132 valence electrons. The first-order valence-corrected chi connectivity index (χ1v) is 8.48. The number of hydrogen-bond acceptors (Lipinski definition) is 2. The molecule has 2 aromatic carbocycles. The summed E-state index contributed by atoms with van der Waals surface area (Å²) in [5.41, 5.74) is 1.96. The van der Waals surface area contributed by atoms with Crippen LogP contribution in [0.1, 0.15) is 27.9 Å². The van der Waals surface area contributed by atoms with Gasteiger partial charge in [0.05, 0.1) is 17.2 Å². The number of amides is 1. The van der Waals surface area contributed by atoms with Crippen LogP contribution in [-0.2, 0) is 13.0 Å². The van der Waals surface area contributed by atoms with E-state index in [-0.39, 0.29) is 29.0 Å². The summed E-state index contributed by atoms with van der Waals surface area (Å²) in [5, 5.41) is 9.13. The van der Waals surface area contributed by atoms with E-state index in [9.17, 15) is 18.7 Å². The number of benzene rings is 2. The number of carbonyl (C=O) groups excluding carboxylic acids is 1. The molecule has 1 heterocycles. The minimum Gasteiger partial charge on any atom is -0.392 e. The Balaban J connectivity index is 1.68. The quantitative estimate of drug-likeness (QED) is 0.837. The first-order valence-electron chi connectivity index (χ1n) is 8.10. The van der Waals surface area contributed by atoms with Crippen LogP contribution in [-0.4, -0.2) is 29.0 Å². The van der Waals surface area contributed by atoms with Crippen LogP contribution in [0.15, 0.2) is 36.4 Å². The molecule has 2 aromatic rings. The summed E-state index contributed by atoms with van der Waals surface area (Å²) in [7, 11) is 0. The molecule has 0 bridgehead atoms. The average molecular weight is 366 g/mol. The Bertz CT molecular complexity index is 797. The molecule has 1 N–H and O–H groups in total. The molecule has 3 nitrogen and oxygen atoms in total. The van der Waals surface area contributed by atoms with Crippen LogP contribution in [0, 0.1) is 17.6 Å². The van der Waals surface area contributed by atoms with Gasteiger partial charge < -0.3 is 10.0 Å². The summed E-state index contributed by atoms with van der Waals surface area (Å²) in [6.07, 6.45) is 1.62. The second-order valence-corrected chi connectivity index (χ2v) is 6.74. The van der Waals surface area contributed by atoms with E-state index in [0.717, 1.165) is 36.1 Å². The Hall–Kier alpha value is -1.98. The zero-order chi connectivity index (χ0) is 18.0. The number of carbonyl (C=O) groups is 1. The Kier molecular flexibility index (Phi) is 5.35. The predicted molar refractivity (Wildman–Crippen MR) is 91.4 cm³/mol. The van der Waals surface area contributed by atoms with Crippen molar-refractivity contribution in [3.05, 3.63) is 69.7 Å². The monoisotopic (exact) mass is 365 g/mol. The van der Waals surface area contributed by atoms with Crippen LogP contribution < -0.4 is 0 Å². The summed E-state index contributed by atoms with van der Waals surface area (Å²) >= 11 is 5.90. The van der Waals surface area contributed by atoms with Crippen molar-refractivity contribution in [3.63, 3.8) is 0 Å². The van der Waals surface area contributed by atoms with Gasteiger partial charge in [-0.2, -0.15) is 0 Å². The molecule has 0 radical (unpaired) electrons.